The van der Waals surface area contributed by atoms with E-state index in [4.69, 9.17) is 0 Å². The highest BCUT2D eigenvalue weighted by molar-refractivity contribution is 6.09. The molecule has 25 heavy (non-hydrogen) atoms. The Labute approximate surface area is 144 Å². The number of fused-ring (bicyclic) bond motifs is 2. The van der Waals surface area contributed by atoms with Crippen LogP contribution in [0.15, 0.2) is 59.7 Å². The van der Waals surface area contributed by atoms with Gasteiger partial charge >= 0.3 is 0 Å². The fourth-order valence-corrected chi connectivity index (χ4v) is 3.33. The van der Waals surface area contributed by atoms with Crippen LogP contribution in [0.4, 0.5) is 0 Å². The standard InChI is InChI=1S/C20H17N3O2/c1-13-19(15-8-4-6-10-17(15)22(13)2)18(24)11-23-12-21-16-9-5-3-7-14(16)20(23)25/h3-10,12H,11H2,1-2H3. The van der Waals surface area contributed by atoms with Crippen LogP contribution in [-0.2, 0) is 13.6 Å². The van der Waals surface area contributed by atoms with E-state index in [9.17, 15) is 9.59 Å². The van der Waals surface area contributed by atoms with Gasteiger partial charge in [-0.25, -0.2) is 4.98 Å². The van der Waals surface area contributed by atoms with Crippen LogP contribution in [0.1, 0.15) is 16.1 Å². The first-order chi connectivity index (χ1) is 12.1. The molecule has 2 heterocycles. The Morgan fingerprint density at radius 3 is 2.52 bits per heavy atom. The van der Waals surface area contributed by atoms with Crippen molar-refractivity contribution in [1.82, 2.24) is 14.1 Å². The third-order valence-corrected chi connectivity index (χ3v) is 4.72. The molecule has 2 aromatic heterocycles. The van der Waals surface area contributed by atoms with Crippen LogP contribution >= 0.6 is 0 Å². The lowest BCUT2D eigenvalue weighted by molar-refractivity contribution is 0.0971. The summed E-state index contributed by atoms with van der Waals surface area (Å²) in [5, 5.41) is 1.43. The van der Waals surface area contributed by atoms with Gasteiger partial charge in [-0.05, 0) is 25.1 Å². The predicted octanol–water partition coefficient (Wildman–Crippen LogP) is 3.08. The minimum absolute atomic E-state index is 0.0223. The number of para-hydroxylation sites is 2. The second-order valence-corrected chi connectivity index (χ2v) is 6.15. The Bertz CT molecular complexity index is 1180. The largest absolute Gasteiger partial charge is 0.347 e. The summed E-state index contributed by atoms with van der Waals surface area (Å²) >= 11 is 0. The molecule has 0 spiro atoms. The summed E-state index contributed by atoms with van der Waals surface area (Å²) in [5.41, 5.74) is 3.01. The van der Waals surface area contributed by atoms with Crippen molar-refractivity contribution in [2.24, 2.45) is 7.05 Å². The van der Waals surface area contributed by atoms with Crippen LogP contribution in [0.5, 0.6) is 0 Å². The van der Waals surface area contributed by atoms with Gasteiger partial charge < -0.3 is 4.57 Å². The van der Waals surface area contributed by atoms with Crippen LogP contribution in [-0.4, -0.2) is 19.9 Å². The zero-order valence-electron chi connectivity index (χ0n) is 14.1. The molecule has 0 aliphatic heterocycles. The van der Waals surface area contributed by atoms with Crippen LogP contribution in [0, 0.1) is 6.92 Å². The van der Waals surface area contributed by atoms with Gasteiger partial charge in [0.05, 0.1) is 23.8 Å². The zero-order valence-corrected chi connectivity index (χ0v) is 14.1. The highest BCUT2D eigenvalue weighted by Gasteiger charge is 2.19. The first-order valence-electron chi connectivity index (χ1n) is 8.09. The molecule has 0 bridgehead atoms. The van der Waals surface area contributed by atoms with Crippen LogP contribution < -0.4 is 5.56 Å². The Hall–Kier alpha value is -3.21. The SMILES string of the molecule is Cc1c(C(=O)Cn2cnc3ccccc3c2=O)c2ccccc2n1C. The van der Waals surface area contributed by atoms with E-state index in [0.717, 1.165) is 16.6 Å². The monoisotopic (exact) mass is 331 g/mol. The van der Waals surface area contributed by atoms with Crippen molar-refractivity contribution in [1.29, 1.82) is 0 Å². The second-order valence-electron chi connectivity index (χ2n) is 6.15. The van der Waals surface area contributed by atoms with E-state index in [2.05, 4.69) is 4.98 Å². The molecule has 0 atom stereocenters. The molecular formula is C20H17N3O2. The number of carbonyl (C=O) groups excluding carboxylic acids is 1. The molecule has 0 aliphatic carbocycles. The number of aryl methyl sites for hydroxylation is 1. The van der Waals surface area contributed by atoms with E-state index in [-0.39, 0.29) is 17.9 Å². The van der Waals surface area contributed by atoms with E-state index in [0.29, 0.717) is 16.5 Å². The Morgan fingerprint density at radius 1 is 1.04 bits per heavy atom. The molecule has 0 fully saturated rings. The first-order valence-corrected chi connectivity index (χ1v) is 8.09. The molecule has 0 radical (unpaired) electrons. The summed E-state index contributed by atoms with van der Waals surface area (Å²) in [5.74, 6) is -0.0894. The third-order valence-electron chi connectivity index (χ3n) is 4.72. The molecule has 5 nitrogen and oxygen atoms in total. The quantitative estimate of drug-likeness (QED) is 0.542. The molecule has 4 aromatic rings. The average Bonchev–Trinajstić information content (AvgIpc) is 2.89. The number of hydrogen-bond acceptors (Lipinski definition) is 3. The van der Waals surface area contributed by atoms with Crippen LogP contribution in [0.25, 0.3) is 21.8 Å². The van der Waals surface area contributed by atoms with Crippen molar-refractivity contribution in [3.05, 3.63) is 76.5 Å². The van der Waals surface area contributed by atoms with Crippen molar-refractivity contribution in [2.45, 2.75) is 13.5 Å². The van der Waals surface area contributed by atoms with Gasteiger partial charge in [-0.15, -0.1) is 0 Å². The molecule has 4 rings (SSSR count). The lowest BCUT2D eigenvalue weighted by Gasteiger charge is -2.07. The number of aromatic nitrogens is 3. The van der Waals surface area contributed by atoms with Gasteiger partial charge in [0.2, 0.25) is 0 Å². The molecule has 5 heteroatoms. The maximum atomic E-state index is 12.9. The van der Waals surface area contributed by atoms with E-state index in [1.807, 2.05) is 48.9 Å². The topological polar surface area (TPSA) is 56.9 Å². The van der Waals surface area contributed by atoms with E-state index in [1.54, 1.807) is 18.2 Å². The fraction of sp³-hybridized carbons (Fsp3) is 0.150. The molecule has 0 unspecified atom stereocenters. The number of nitrogens with zero attached hydrogens (tertiary/aromatic N) is 3. The predicted molar refractivity (Wildman–Crippen MR) is 98.0 cm³/mol. The Balaban J connectivity index is 1.80. The normalized spacial score (nSPS) is 11.3. The van der Waals surface area contributed by atoms with Gasteiger partial charge in [0.25, 0.3) is 5.56 Å². The van der Waals surface area contributed by atoms with Gasteiger partial charge in [-0.2, -0.15) is 0 Å². The number of Topliss-reactive ketones (excluding diaryl/α,β-unsaturated/α-hetero) is 1. The summed E-state index contributed by atoms with van der Waals surface area (Å²) in [6.07, 6.45) is 1.45. The second kappa shape index (κ2) is 5.70. The summed E-state index contributed by atoms with van der Waals surface area (Å²) in [4.78, 5) is 29.8. The van der Waals surface area contributed by atoms with E-state index >= 15 is 0 Å². The molecule has 0 aliphatic rings. The summed E-state index contributed by atoms with van der Waals surface area (Å²) in [6, 6.07) is 15.0. The zero-order chi connectivity index (χ0) is 17.6. The Morgan fingerprint density at radius 2 is 1.72 bits per heavy atom. The molecule has 0 N–H and O–H groups in total. The highest BCUT2D eigenvalue weighted by atomic mass is 16.1. The van der Waals surface area contributed by atoms with Gasteiger partial charge in [0.15, 0.2) is 5.78 Å². The lowest BCUT2D eigenvalue weighted by atomic mass is 10.1. The smallest absolute Gasteiger partial charge is 0.261 e. The lowest BCUT2D eigenvalue weighted by Crippen LogP contribution is -2.25. The Kier molecular flexibility index (Phi) is 3.50. The number of ketones is 1. The molecule has 124 valence electrons. The minimum Gasteiger partial charge on any atom is -0.347 e. The maximum absolute atomic E-state index is 12.9. The fourth-order valence-electron chi connectivity index (χ4n) is 3.33. The number of hydrogen-bond donors (Lipinski definition) is 0. The van der Waals surface area contributed by atoms with E-state index < -0.39 is 0 Å². The molecule has 0 saturated heterocycles. The van der Waals surface area contributed by atoms with Crippen molar-refractivity contribution in [3.63, 3.8) is 0 Å². The molecular weight excluding hydrogens is 314 g/mol. The van der Waals surface area contributed by atoms with Gasteiger partial charge in [0, 0.05) is 29.2 Å². The number of carbonyl (C=O) groups is 1. The number of benzene rings is 2. The highest BCUT2D eigenvalue weighted by Crippen LogP contribution is 2.25. The summed E-state index contributed by atoms with van der Waals surface area (Å²) in [7, 11) is 1.94. The van der Waals surface area contributed by atoms with Crippen molar-refractivity contribution >= 4 is 27.6 Å². The summed E-state index contributed by atoms with van der Waals surface area (Å²) < 4.78 is 3.38. The molecule has 2 aromatic carbocycles. The molecule has 0 saturated carbocycles. The molecule has 0 amide bonds. The van der Waals surface area contributed by atoms with Crippen LogP contribution in [0.2, 0.25) is 0 Å². The van der Waals surface area contributed by atoms with Crippen molar-refractivity contribution in [3.8, 4) is 0 Å². The van der Waals surface area contributed by atoms with Gasteiger partial charge in [0.1, 0.15) is 0 Å². The van der Waals surface area contributed by atoms with Gasteiger partial charge in [-0.1, -0.05) is 30.3 Å². The first kappa shape index (κ1) is 15.3. The van der Waals surface area contributed by atoms with Crippen molar-refractivity contribution in [2.75, 3.05) is 0 Å². The van der Waals surface area contributed by atoms with Gasteiger partial charge in [-0.3, -0.25) is 14.2 Å². The average molecular weight is 331 g/mol. The van der Waals surface area contributed by atoms with E-state index in [1.165, 1.54) is 10.9 Å². The maximum Gasteiger partial charge on any atom is 0.261 e. The number of rotatable bonds is 3. The van der Waals surface area contributed by atoms with Crippen molar-refractivity contribution < 1.29 is 4.79 Å². The minimum atomic E-state index is -0.197. The summed E-state index contributed by atoms with van der Waals surface area (Å²) in [6.45, 7) is 1.90. The van der Waals surface area contributed by atoms with Crippen LogP contribution in [0.3, 0.4) is 0 Å². The third kappa shape index (κ3) is 2.36.